The molecule has 1 fully saturated rings. The Hall–Kier alpha value is -1.09. The fourth-order valence-corrected chi connectivity index (χ4v) is 2.01. The summed E-state index contributed by atoms with van der Waals surface area (Å²) in [7, 11) is 2.12. The lowest BCUT2D eigenvalue weighted by Crippen LogP contribution is -2.38. The number of nitrogens with two attached hydrogens (primary N) is 1. The molecular weight excluding hydrogens is 186 g/mol. The zero-order chi connectivity index (χ0) is 10.8. The van der Waals surface area contributed by atoms with E-state index in [1.165, 1.54) is 19.3 Å². The van der Waals surface area contributed by atoms with Crippen molar-refractivity contribution in [1.29, 1.82) is 0 Å². The number of nitrogens with zero attached hydrogens (tertiary/aromatic N) is 2. The highest BCUT2D eigenvalue weighted by Gasteiger charge is 2.24. The zero-order valence-electron chi connectivity index (χ0n) is 9.48. The monoisotopic (exact) mass is 205 g/mol. The van der Waals surface area contributed by atoms with Crippen LogP contribution in [-0.2, 0) is 0 Å². The smallest absolute Gasteiger partial charge is 0.133 e. The van der Waals surface area contributed by atoms with Gasteiger partial charge in [0.2, 0.25) is 0 Å². The summed E-state index contributed by atoms with van der Waals surface area (Å²) < 4.78 is 0. The predicted molar refractivity (Wildman–Crippen MR) is 62.9 cm³/mol. The molecule has 3 nitrogen and oxygen atoms in total. The van der Waals surface area contributed by atoms with Crippen molar-refractivity contribution >= 4 is 5.82 Å². The van der Waals surface area contributed by atoms with E-state index in [0.29, 0.717) is 6.04 Å². The van der Waals surface area contributed by atoms with Gasteiger partial charge in [0.1, 0.15) is 5.82 Å². The third kappa shape index (κ3) is 1.97. The predicted octanol–water partition coefficient (Wildman–Crippen LogP) is 2.09. The van der Waals surface area contributed by atoms with Gasteiger partial charge in [0.25, 0.3) is 0 Å². The van der Waals surface area contributed by atoms with Crippen LogP contribution in [0.3, 0.4) is 0 Å². The van der Waals surface area contributed by atoms with Gasteiger partial charge in [0.15, 0.2) is 0 Å². The second kappa shape index (κ2) is 4.19. The molecule has 0 aliphatic heterocycles. The van der Waals surface area contributed by atoms with E-state index in [4.69, 9.17) is 5.73 Å². The molecule has 1 aliphatic carbocycles. The molecule has 1 aromatic rings. The summed E-state index contributed by atoms with van der Waals surface area (Å²) >= 11 is 0. The van der Waals surface area contributed by atoms with Gasteiger partial charge in [-0.15, -0.1) is 0 Å². The van der Waals surface area contributed by atoms with E-state index in [1.807, 2.05) is 19.2 Å². The number of anilines is 1. The average molecular weight is 205 g/mol. The van der Waals surface area contributed by atoms with Crippen molar-refractivity contribution in [3.63, 3.8) is 0 Å². The second-order valence-electron chi connectivity index (χ2n) is 4.40. The van der Waals surface area contributed by atoms with Gasteiger partial charge < -0.3 is 10.6 Å². The first-order valence-corrected chi connectivity index (χ1v) is 5.63. The maximum absolute atomic E-state index is 5.95. The molecule has 0 spiro atoms. The molecule has 0 radical (unpaired) electrons. The number of pyridine rings is 1. The molecule has 1 saturated carbocycles. The first-order chi connectivity index (χ1) is 7.20. The SMILES string of the molecule is CC(N)c1cccnc1N(C)C1CCC1. The van der Waals surface area contributed by atoms with Crippen molar-refractivity contribution in [2.75, 3.05) is 11.9 Å². The highest BCUT2D eigenvalue weighted by atomic mass is 15.2. The van der Waals surface area contributed by atoms with E-state index in [0.717, 1.165) is 11.4 Å². The van der Waals surface area contributed by atoms with Crippen LogP contribution in [0.4, 0.5) is 5.82 Å². The first kappa shape index (κ1) is 10.4. The quantitative estimate of drug-likeness (QED) is 0.821. The van der Waals surface area contributed by atoms with Gasteiger partial charge in [-0.1, -0.05) is 6.07 Å². The normalized spacial score (nSPS) is 18.3. The number of hydrogen-bond acceptors (Lipinski definition) is 3. The molecule has 3 heteroatoms. The van der Waals surface area contributed by atoms with Gasteiger partial charge in [0.05, 0.1) is 0 Å². The van der Waals surface area contributed by atoms with Crippen LogP contribution in [0.1, 0.15) is 37.8 Å². The van der Waals surface area contributed by atoms with Crippen LogP contribution in [0, 0.1) is 0 Å². The topological polar surface area (TPSA) is 42.1 Å². The van der Waals surface area contributed by atoms with Gasteiger partial charge >= 0.3 is 0 Å². The highest BCUT2D eigenvalue weighted by Crippen LogP contribution is 2.30. The first-order valence-electron chi connectivity index (χ1n) is 5.63. The summed E-state index contributed by atoms with van der Waals surface area (Å²) in [6.45, 7) is 2.01. The molecule has 0 saturated heterocycles. The molecule has 82 valence electrons. The summed E-state index contributed by atoms with van der Waals surface area (Å²) in [6, 6.07) is 4.74. The molecule has 1 aromatic heterocycles. The van der Waals surface area contributed by atoms with Crippen molar-refractivity contribution < 1.29 is 0 Å². The van der Waals surface area contributed by atoms with Gasteiger partial charge in [0, 0.05) is 30.9 Å². The van der Waals surface area contributed by atoms with Crippen LogP contribution in [0.5, 0.6) is 0 Å². The standard InChI is InChI=1S/C12H19N3/c1-9(13)11-7-4-8-14-12(11)15(2)10-5-3-6-10/h4,7-10H,3,5-6,13H2,1-2H3. The Bertz CT molecular complexity index is 331. The Kier molecular flexibility index (Phi) is 2.91. The Balaban J connectivity index is 2.25. The molecule has 0 bridgehead atoms. The van der Waals surface area contributed by atoms with Crippen molar-refractivity contribution in [1.82, 2.24) is 4.98 Å². The molecule has 15 heavy (non-hydrogen) atoms. The molecule has 2 N–H and O–H groups in total. The van der Waals surface area contributed by atoms with Crippen LogP contribution < -0.4 is 10.6 Å². The molecule has 1 heterocycles. The minimum atomic E-state index is 0.0521. The second-order valence-corrected chi connectivity index (χ2v) is 4.40. The van der Waals surface area contributed by atoms with Gasteiger partial charge in [-0.25, -0.2) is 4.98 Å². The summed E-state index contributed by atoms with van der Waals surface area (Å²) in [4.78, 5) is 6.73. The molecule has 0 aromatic carbocycles. The van der Waals surface area contributed by atoms with E-state index in [2.05, 4.69) is 23.0 Å². The maximum atomic E-state index is 5.95. The fourth-order valence-electron chi connectivity index (χ4n) is 2.01. The average Bonchev–Trinajstić information content (AvgIpc) is 2.15. The maximum Gasteiger partial charge on any atom is 0.133 e. The molecule has 2 rings (SSSR count). The highest BCUT2D eigenvalue weighted by molar-refractivity contribution is 5.48. The van der Waals surface area contributed by atoms with Crippen LogP contribution >= 0.6 is 0 Å². The van der Waals surface area contributed by atoms with Crippen molar-refractivity contribution in [3.05, 3.63) is 23.9 Å². The zero-order valence-corrected chi connectivity index (χ0v) is 9.48. The van der Waals surface area contributed by atoms with Crippen molar-refractivity contribution in [2.45, 2.75) is 38.3 Å². The van der Waals surface area contributed by atoms with E-state index in [-0.39, 0.29) is 6.04 Å². The lowest BCUT2D eigenvalue weighted by molar-refractivity contribution is 0.398. The van der Waals surface area contributed by atoms with Crippen LogP contribution in [0.2, 0.25) is 0 Å². The summed E-state index contributed by atoms with van der Waals surface area (Å²) in [5.41, 5.74) is 7.09. The minimum Gasteiger partial charge on any atom is -0.356 e. The third-order valence-electron chi connectivity index (χ3n) is 3.26. The Morgan fingerprint density at radius 1 is 1.53 bits per heavy atom. The van der Waals surface area contributed by atoms with Crippen LogP contribution in [0.15, 0.2) is 18.3 Å². The molecule has 0 amide bonds. The lowest BCUT2D eigenvalue weighted by atomic mass is 9.91. The van der Waals surface area contributed by atoms with Gasteiger partial charge in [-0.2, -0.15) is 0 Å². The van der Waals surface area contributed by atoms with Crippen molar-refractivity contribution in [2.24, 2.45) is 5.73 Å². The fraction of sp³-hybridized carbons (Fsp3) is 0.583. The van der Waals surface area contributed by atoms with E-state index >= 15 is 0 Å². The van der Waals surface area contributed by atoms with Crippen LogP contribution in [0.25, 0.3) is 0 Å². The minimum absolute atomic E-state index is 0.0521. The molecule has 1 aliphatic rings. The summed E-state index contributed by atoms with van der Waals surface area (Å²) in [5.74, 6) is 1.05. The van der Waals surface area contributed by atoms with E-state index in [1.54, 1.807) is 0 Å². The van der Waals surface area contributed by atoms with E-state index in [9.17, 15) is 0 Å². The lowest BCUT2D eigenvalue weighted by Gasteiger charge is -2.36. The third-order valence-corrected chi connectivity index (χ3v) is 3.26. The molecule has 1 unspecified atom stereocenters. The number of aromatic nitrogens is 1. The molecular formula is C12H19N3. The Morgan fingerprint density at radius 3 is 2.80 bits per heavy atom. The summed E-state index contributed by atoms with van der Waals surface area (Å²) in [6.07, 6.45) is 5.75. The Labute approximate surface area is 91.3 Å². The van der Waals surface area contributed by atoms with E-state index < -0.39 is 0 Å². The van der Waals surface area contributed by atoms with Gasteiger partial charge in [-0.05, 0) is 32.3 Å². The molecule has 1 atom stereocenters. The van der Waals surface area contributed by atoms with Crippen LogP contribution in [-0.4, -0.2) is 18.1 Å². The number of rotatable bonds is 3. The summed E-state index contributed by atoms with van der Waals surface area (Å²) in [5, 5.41) is 0. The van der Waals surface area contributed by atoms with Crippen molar-refractivity contribution in [3.8, 4) is 0 Å². The Morgan fingerprint density at radius 2 is 2.27 bits per heavy atom. The largest absolute Gasteiger partial charge is 0.356 e. The number of hydrogen-bond donors (Lipinski definition) is 1. The van der Waals surface area contributed by atoms with Gasteiger partial charge in [-0.3, -0.25) is 0 Å².